The zero-order valence-electron chi connectivity index (χ0n) is 30.0. The average molecular weight is 767 g/mol. The summed E-state index contributed by atoms with van der Waals surface area (Å²) in [6.45, 7) is 8.97. The summed E-state index contributed by atoms with van der Waals surface area (Å²) < 4.78 is 55.2. The third kappa shape index (κ3) is 29.9. The molecular weight excluding hydrogens is 706 g/mol. The van der Waals surface area contributed by atoms with Crippen LogP contribution in [0, 0.1) is 11.8 Å². The summed E-state index contributed by atoms with van der Waals surface area (Å²) in [6.07, 6.45) is 0.0387. The van der Waals surface area contributed by atoms with Gasteiger partial charge in [-0.1, -0.05) is 27.7 Å². The molecule has 0 saturated heterocycles. The van der Waals surface area contributed by atoms with Crippen molar-refractivity contribution in [2.75, 3.05) is 65.9 Å². The van der Waals surface area contributed by atoms with Gasteiger partial charge in [-0.05, 0) is 38.5 Å². The zero-order chi connectivity index (χ0) is 38.2. The van der Waals surface area contributed by atoms with Gasteiger partial charge < -0.3 is 50.7 Å². The number of carbonyl (C=O) groups excluding carboxylic acids is 3. The van der Waals surface area contributed by atoms with Crippen LogP contribution < -0.4 is 21.3 Å². The summed E-state index contributed by atoms with van der Waals surface area (Å²) >= 11 is 0. The molecule has 4 amide bonds. The van der Waals surface area contributed by atoms with Crippen LogP contribution in [0.2, 0.25) is 0 Å². The Balaban J connectivity index is 4.53. The quantitative estimate of drug-likeness (QED) is 0.0377. The highest BCUT2D eigenvalue weighted by Gasteiger charge is 2.26. The second kappa shape index (κ2) is 27.0. The van der Waals surface area contributed by atoms with Crippen molar-refractivity contribution >= 4 is 33.5 Å². The van der Waals surface area contributed by atoms with E-state index in [-0.39, 0.29) is 76.0 Å². The minimum absolute atomic E-state index is 0.0302. The molecule has 0 spiro atoms. The summed E-state index contributed by atoms with van der Waals surface area (Å²) in [7, 11) is -9.14. The first-order valence-corrected chi connectivity index (χ1v) is 19.6. The molecule has 0 aromatic heterocycles. The van der Waals surface area contributed by atoms with Crippen LogP contribution in [0.3, 0.4) is 0 Å². The Hall–Kier alpha value is -1.73. The van der Waals surface area contributed by atoms with Gasteiger partial charge in [0, 0.05) is 39.1 Å². The van der Waals surface area contributed by atoms with Gasteiger partial charge in [-0.15, -0.1) is 0 Å². The first-order valence-electron chi connectivity index (χ1n) is 16.7. The molecule has 0 bridgehead atoms. The first kappa shape index (κ1) is 48.3. The lowest BCUT2D eigenvalue weighted by atomic mass is 10.1. The Kier molecular flexibility index (Phi) is 26.0. The van der Waals surface area contributed by atoms with E-state index in [1.165, 1.54) is 0 Å². The van der Waals surface area contributed by atoms with Gasteiger partial charge in [-0.3, -0.25) is 27.7 Å². The van der Waals surface area contributed by atoms with Crippen molar-refractivity contribution in [3.63, 3.8) is 0 Å². The Labute approximate surface area is 295 Å². The van der Waals surface area contributed by atoms with Crippen molar-refractivity contribution in [2.24, 2.45) is 11.8 Å². The number of aliphatic hydroxyl groups excluding tert-OH is 2. The maximum Gasteiger partial charge on any atom is 0.472 e. The van der Waals surface area contributed by atoms with Crippen molar-refractivity contribution in [3.05, 3.63) is 0 Å². The molecule has 0 aliphatic carbocycles. The Morgan fingerprint density at radius 2 is 0.940 bits per heavy atom. The van der Waals surface area contributed by atoms with Crippen molar-refractivity contribution in [1.29, 1.82) is 0 Å². The van der Waals surface area contributed by atoms with E-state index >= 15 is 0 Å². The van der Waals surface area contributed by atoms with Gasteiger partial charge in [0.05, 0.1) is 63.9 Å². The van der Waals surface area contributed by atoms with Gasteiger partial charge in [0.2, 0.25) is 11.8 Å². The number of urea groups is 1. The molecule has 0 aromatic carbocycles. The molecule has 6 atom stereocenters. The summed E-state index contributed by atoms with van der Waals surface area (Å²) in [5, 5.41) is 28.8. The molecule has 0 heterocycles. The van der Waals surface area contributed by atoms with Gasteiger partial charge in [-0.25, -0.2) is 13.9 Å². The van der Waals surface area contributed by atoms with Crippen LogP contribution >= 0.6 is 15.6 Å². The number of amides is 4. The fourth-order valence-corrected chi connectivity index (χ4v) is 5.22. The van der Waals surface area contributed by atoms with Gasteiger partial charge in [-0.2, -0.15) is 0 Å². The van der Waals surface area contributed by atoms with E-state index in [0.29, 0.717) is 12.8 Å². The number of carbonyl (C=O) groups is 3. The van der Waals surface area contributed by atoms with Crippen LogP contribution in [-0.2, 0) is 46.3 Å². The molecule has 4 unspecified atom stereocenters. The number of phosphoric acid groups is 2. The SMILES string of the molecule is CC(C)CC(=O)NC(COCC[C@@H](C)O)COP(=O)(O)OCCNC(=O)NCCOP(=O)(O)OCC(COCC[C@@H](C)O)NC(=O)CC(C)C. The highest BCUT2D eigenvalue weighted by molar-refractivity contribution is 7.47. The number of aliphatic hydroxyl groups is 2. The largest absolute Gasteiger partial charge is 0.472 e. The molecule has 0 rings (SSSR count). The smallest absolute Gasteiger partial charge is 0.393 e. The Morgan fingerprint density at radius 3 is 1.26 bits per heavy atom. The topological polar surface area (TPSA) is 270 Å². The highest BCUT2D eigenvalue weighted by atomic mass is 31.2. The van der Waals surface area contributed by atoms with Crippen LogP contribution in [0.15, 0.2) is 0 Å². The van der Waals surface area contributed by atoms with Crippen molar-refractivity contribution in [3.8, 4) is 0 Å². The molecule has 0 aliphatic rings. The molecule has 296 valence electrons. The van der Waals surface area contributed by atoms with Gasteiger partial charge in [0.15, 0.2) is 0 Å². The van der Waals surface area contributed by atoms with E-state index < -0.39 is 72.4 Å². The summed E-state index contributed by atoms with van der Waals surface area (Å²) in [5.41, 5.74) is 0. The lowest BCUT2D eigenvalue weighted by molar-refractivity contribution is -0.124. The third-order valence-electron chi connectivity index (χ3n) is 6.08. The Bertz CT molecular complexity index is 974. The number of rotatable bonds is 30. The maximum absolute atomic E-state index is 12.3. The molecule has 8 N–H and O–H groups in total. The number of hydrogen-bond donors (Lipinski definition) is 8. The molecule has 0 aromatic rings. The van der Waals surface area contributed by atoms with E-state index in [9.17, 15) is 43.5 Å². The number of hydrogen-bond acceptors (Lipinski definition) is 13. The van der Waals surface area contributed by atoms with Gasteiger partial charge in [0.1, 0.15) is 0 Å². The van der Waals surface area contributed by atoms with E-state index in [1.807, 2.05) is 27.7 Å². The predicted octanol–water partition coefficient (Wildman–Crippen LogP) is 1.19. The molecule has 21 heteroatoms. The lowest BCUT2D eigenvalue weighted by Gasteiger charge is -2.21. The maximum atomic E-state index is 12.3. The fraction of sp³-hybridized carbons (Fsp3) is 0.897. The van der Waals surface area contributed by atoms with Crippen LogP contribution in [-0.4, -0.2) is 128 Å². The predicted molar refractivity (Wildman–Crippen MR) is 182 cm³/mol. The second-order valence-corrected chi connectivity index (χ2v) is 15.4. The first-order chi connectivity index (χ1) is 23.3. The van der Waals surface area contributed by atoms with Crippen LogP contribution in [0.5, 0.6) is 0 Å². The molecular formula is C29H60N4O15P2. The van der Waals surface area contributed by atoms with Crippen molar-refractivity contribution < 1.29 is 71.1 Å². The average Bonchev–Trinajstić information content (AvgIpc) is 2.98. The normalized spacial score (nSPS) is 16.6. The van der Waals surface area contributed by atoms with Crippen molar-refractivity contribution in [2.45, 2.75) is 91.5 Å². The monoisotopic (exact) mass is 766 g/mol. The fourth-order valence-electron chi connectivity index (χ4n) is 3.69. The van der Waals surface area contributed by atoms with E-state index in [4.69, 9.17) is 27.6 Å². The van der Waals surface area contributed by atoms with Crippen LogP contribution in [0.25, 0.3) is 0 Å². The minimum atomic E-state index is -4.57. The molecule has 0 saturated carbocycles. The van der Waals surface area contributed by atoms with E-state index in [2.05, 4.69) is 21.3 Å². The standard InChI is InChI=1S/C29H60N4O15P2/c1-21(2)15-27(36)32-25(17-43-11-7-23(5)34)19-47-49(39,40)45-13-9-30-29(38)31-10-14-46-50(41,42)48-20-26(18-44-12-8-24(6)35)33-28(37)16-22(3)4/h21-26,34-35H,7-20H2,1-6H3,(H,32,36)(H,33,37)(H,39,40)(H,41,42)(H2,30,31,38)/t23-,24-,25?,26?/m1/s1. The summed E-state index contributed by atoms with van der Waals surface area (Å²) in [4.78, 5) is 56.4. The zero-order valence-corrected chi connectivity index (χ0v) is 31.8. The van der Waals surface area contributed by atoms with E-state index in [1.54, 1.807) is 13.8 Å². The molecule has 0 radical (unpaired) electrons. The molecule has 0 aliphatic heterocycles. The highest BCUT2D eigenvalue weighted by Crippen LogP contribution is 2.43. The Morgan fingerprint density at radius 1 is 0.580 bits per heavy atom. The van der Waals surface area contributed by atoms with Crippen LogP contribution in [0.4, 0.5) is 4.79 Å². The lowest BCUT2D eigenvalue weighted by Crippen LogP contribution is -2.42. The summed E-state index contributed by atoms with van der Waals surface area (Å²) in [6, 6.07) is -2.26. The minimum Gasteiger partial charge on any atom is -0.393 e. The van der Waals surface area contributed by atoms with E-state index in [0.717, 1.165) is 0 Å². The van der Waals surface area contributed by atoms with Gasteiger partial charge >= 0.3 is 21.7 Å². The summed E-state index contributed by atoms with van der Waals surface area (Å²) in [5.74, 6) is -0.418. The third-order valence-corrected chi connectivity index (χ3v) is 8.05. The number of ether oxygens (including phenoxy) is 2. The van der Waals surface area contributed by atoms with Crippen molar-refractivity contribution in [1.82, 2.24) is 21.3 Å². The van der Waals surface area contributed by atoms with Crippen LogP contribution in [0.1, 0.15) is 67.2 Å². The molecule has 0 fully saturated rings. The number of nitrogens with one attached hydrogen (secondary N) is 4. The number of phosphoric ester groups is 2. The second-order valence-electron chi connectivity index (χ2n) is 12.5. The molecule has 19 nitrogen and oxygen atoms in total. The molecule has 50 heavy (non-hydrogen) atoms. The van der Waals surface area contributed by atoms with Gasteiger partial charge in [0.25, 0.3) is 0 Å².